The van der Waals surface area contributed by atoms with Gasteiger partial charge in [-0.25, -0.2) is 4.79 Å². The average molecular weight is 260 g/mol. The zero-order valence-electron chi connectivity index (χ0n) is 10.5. The first-order valence-electron chi connectivity index (χ1n) is 5.48. The van der Waals surface area contributed by atoms with Crippen molar-refractivity contribution in [3.63, 3.8) is 0 Å². The summed E-state index contributed by atoms with van der Waals surface area (Å²) in [5.74, 6) is 0.935. The lowest BCUT2D eigenvalue weighted by atomic mass is 10.3. The molecule has 7 nitrogen and oxygen atoms in total. The van der Waals surface area contributed by atoms with Crippen LogP contribution in [0.5, 0.6) is 11.8 Å². The van der Waals surface area contributed by atoms with Crippen molar-refractivity contribution in [1.29, 1.82) is 0 Å². The fourth-order valence-electron chi connectivity index (χ4n) is 1.32. The molecule has 0 spiro atoms. The molecule has 19 heavy (non-hydrogen) atoms. The summed E-state index contributed by atoms with van der Waals surface area (Å²) < 4.78 is 9.92. The number of aryl methyl sites for hydroxylation is 1. The van der Waals surface area contributed by atoms with E-state index in [4.69, 9.17) is 9.47 Å². The van der Waals surface area contributed by atoms with Gasteiger partial charge < -0.3 is 9.47 Å². The molecule has 0 radical (unpaired) electrons. The van der Waals surface area contributed by atoms with Gasteiger partial charge in [-0.1, -0.05) is 18.2 Å². The normalized spacial score (nSPS) is 9.79. The maximum absolute atomic E-state index is 11.6. The highest BCUT2D eigenvalue weighted by molar-refractivity contribution is 5.84. The standard InChI is InChI=1S/C12H12N4O3/c1-8-13-10(15-11(14-8)18-2)16-12(17)19-9-6-4-3-5-7-9/h3-7H,1-2H3,(H,13,14,15,16,17). The predicted octanol–water partition coefficient (Wildman–Crippen LogP) is 1.80. The summed E-state index contributed by atoms with van der Waals surface area (Å²) in [5, 5.41) is 2.40. The highest BCUT2D eigenvalue weighted by atomic mass is 16.6. The largest absolute Gasteiger partial charge is 0.467 e. The Labute approximate surface area is 109 Å². The van der Waals surface area contributed by atoms with Gasteiger partial charge in [0.2, 0.25) is 5.95 Å². The molecule has 0 aliphatic carbocycles. The van der Waals surface area contributed by atoms with E-state index in [0.29, 0.717) is 11.6 Å². The highest BCUT2D eigenvalue weighted by Gasteiger charge is 2.09. The van der Waals surface area contributed by atoms with Crippen molar-refractivity contribution >= 4 is 12.0 Å². The van der Waals surface area contributed by atoms with Crippen LogP contribution in [0.1, 0.15) is 5.82 Å². The number of rotatable bonds is 3. The third-order valence-corrected chi connectivity index (χ3v) is 2.08. The van der Waals surface area contributed by atoms with Crippen LogP contribution in [-0.2, 0) is 0 Å². The summed E-state index contributed by atoms with van der Waals surface area (Å²) in [5.41, 5.74) is 0. The topological polar surface area (TPSA) is 86.2 Å². The van der Waals surface area contributed by atoms with E-state index >= 15 is 0 Å². The molecule has 1 aromatic carbocycles. The second-order valence-electron chi connectivity index (χ2n) is 3.52. The number of nitrogens with zero attached hydrogens (tertiary/aromatic N) is 3. The first kappa shape index (κ1) is 12.7. The highest BCUT2D eigenvalue weighted by Crippen LogP contribution is 2.10. The van der Waals surface area contributed by atoms with E-state index in [1.807, 2.05) is 6.07 Å². The summed E-state index contributed by atoms with van der Waals surface area (Å²) >= 11 is 0. The molecule has 0 saturated heterocycles. The van der Waals surface area contributed by atoms with E-state index in [0.717, 1.165) is 0 Å². The number of para-hydroxylation sites is 1. The van der Waals surface area contributed by atoms with Crippen LogP contribution in [0.25, 0.3) is 0 Å². The fourth-order valence-corrected chi connectivity index (χ4v) is 1.32. The Hall–Kier alpha value is -2.70. The van der Waals surface area contributed by atoms with E-state index in [1.165, 1.54) is 7.11 Å². The van der Waals surface area contributed by atoms with Crippen LogP contribution in [0.15, 0.2) is 30.3 Å². The number of hydrogen-bond donors (Lipinski definition) is 1. The molecule has 1 aromatic heterocycles. The van der Waals surface area contributed by atoms with Gasteiger partial charge in [0.15, 0.2) is 0 Å². The number of carbonyl (C=O) groups excluding carboxylic acids is 1. The minimum Gasteiger partial charge on any atom is -0.467 e. The fraction of sp³-hybridized carbons (Fsp3) is 0.167. The van der Waals surface area contributed by atoms with Crippen molar-refractivity contribution < 1.29 is 14.3 Å². The molecule has 7 heteroatoms. The first-order valence-corrected chi connectivity index (χ1v) is 5.48. The van der Waals surface area contributed by atoms with Gasteiger partial charge in [0.25, 0.3) is 0 Å². The quantitative estimate of drug-likeness (QED) is 0.905. The number of methoxy groups -OCH3 is 1. The van der Waals surface area contributed by atoms with Crippen molar-refractivity contribution in [2.45, 2.75) is 6.92 Å². The Morgan fingerprint density at radius 3 is 2.58 bits per heavy atom. The van der Waals surface area contributed by atoms with E-state index in [2.05, 4.69) is 20.3 Å². The van der Waals surface area contributed by atoms with Gasteiger partial charge in [0.1, 0.15) is 11.6 Å². The molecule has 2 rings (SSSR count). The van der Waals surface area contributed by atoms with Gasteiger partial charge in [-0.3, -0.25) is 5.32 Å². The minimum atomic E-state index is -0.682. The SMILES string of the molecule is COc1nc(C)nc(NC(=O)Oc2ccccc2)n1. The number of carbonyl (C=O) groups is 1. The number of anilines is 1. The molecule has 98 valence electrons. The summed E-state index contributed by atoms with van der Waals surface area (Å²) in [7, 11) is 1.43. The zero-order valence-corrected chi connectivity index (χ0v) is 10.5. The number of benzene rings is 1. The Balaban J connectivity index is 2.05. The molecule has 0 atom stereocenters. The van der Waals surface area contributed by atoms with Gasteiger partial charge in [0.05, 0.1) is 7.11 Å². The smallest absolute Gasteiger partial charge is 0.419 e. The molecule has 1 N–H and O–H groups in total. The molecule has 1 heterocycles. The van der Waals surface area contributed by atoms with E-state index in [9.17, 15) is 4.79 Å². The summed E-state index contributed by atoms with van der Waals surface area (Å²) in [6, 6.07) is 8.81. The summed E-state index contributed by atoms with van der Waals surface area (Å²) in [6.07, 6.45) is -0.682. The van der Waals surface area contributed by atoms with Crippen molar-refractivity contribution in [2.24, 2.45) is 0 Å². The van der Waals surface area contributed by atoms with Gasteiger partial charge >= 0.3 is 12.1 Å². The van der Waals surface area contributed by atoms with Crippen LogP contribution >= 0.6 is 0 Å². The van der Waals surface area contributed by atoms with Crippen LogP contribution in [0.3, 0.4) is 0 Å². The number of nitrogens with one attached hydrogen (secondary N) is 1. The van der Waals surface area contributed by atoms with Crippen LogP contribution < -0.4 is 14.8 Å². The Bertz CT molecular complexity index is 574. The molecular formula is C12H12N4O3. The molecule has 0 bridgehead atoms. The van der Waals surface area contributed by atoms with Crippen molar-refractivity contribution in [3.8, 4) is 11.8 Å². The molecule has 0 fully saturated rings. The van der Waals surface area contributed by atoms with E-state index in [-0.39, 0.29) is 12.0 Å². The molecule has 0 saturated carbocycles. The van der Waals surface area contributed by atoms with Crippen LogP contribution in [0.2, 0.25) is 0 Å². The maximum atomic E-state index is 11.6. The second kappa shape index (κ2) is 5.76. The van der Waals surface area contributed by atoms with Crippen LogP contribution in [0.4, 0.5) is 10.7 Å². The lowest BCUT2D eigenvalue weighted by Gasteiger charge is -2.06. The molecule has 0 aliphatic rings. The maximum Gasteiger partial charge on any atom is 0.419 e. The summed E-state index contributed by atoms with van der Waals surface area (Å²) in [6.45, 7) is 1.66. The molecule has 2 aromatic rings. The Kier molecular flexibility index (Phi) is 3.87. The lowest BCUT2D eigenvalue weighted by molar-refractivity contribution is 0.215. The zero-order chi connectivity index (χ0) is 13.7. The Morgan fingerprint density at radius 1 is 1.16 bits per heavy atom. The van der Waals surface area contributed by atoms with Crippen molar-refractivity contribution in [1.82, 2.24) is 15.0 Å². The number of amides is 1. The molecule has 0 aliphatic heterocycles. The Morgan fingerprint density at radius 2 is 1.89 bits per heavy atom. The monoisotopic (exact) mass is 260 g/mol. The number of hydrogen-bond acceptors (Lipinski definition) is 6. The molecule has 1 amide bonds. The van der Waals surface area contributed by atoms with Crippen molar-refractivity contribution in [3.05, 3.63) is 36.2 Å². The average Bonchev–Trinajstić information content (AvgIpc) is 2.38. The van der Waals surface area contributed by atoms with Crippen molar-refractivity contribution in [2.75, 3.05) is 12.4 Å². The molecular weight excluding hydrogens is 248 g/mol. The van der Waals surface area contributed by atoms with Gasteiger partial charge in [-0.15, -0.1) is 0 Å². The van der Waals surface area contributed by atoms with Gasteiger partial charge in [-0.05, 0) is 19.1 Å². The van der Waals surface area contributed by atoms with Gasteiger partial charge in [0, 0.05) is 0 Å². The third-order valence-electron chi connectivity index (χ3n) is 2.08. The third kappa shape index (κ3) is 3.63. The van der Waals surface area contributed by atoms with Gasteiger partial charge in [-0.2, -0.15) is 15.0 Å². The first-order chi connectivity index (χ1) is 9.17. The van der Waals surface area contributed by atoms with Crippen LogP contribution in [0, 0.1) is 6.92 Å². The second-order valence-corrected chi connectivity index (χ2v) is 3.52. The van der Waals surface area contributed by atoms with E-state index in [1.54, 1.807) is 31.2 Å². The lowest BCUT2D eigenvalue weighted by Crippen LogP contribution is -2.19. The number of aromatic nitrogens is 3. The molecule has 0 unspecified atom stereocenters. The van der Waals surface area contributed by atoms with E-state index < -0.39 is 6.09 Å². The number of ether oxygens (including phenoxy) is 2. The minimum absolute atomic E-state index is 0.0743. The van der Waals surface area contributed by atoms with Crippen LogP contribution in [-0.4, -0.2) is 28.2 Å². The predicted molar refractivity (Wildman–Crippen MR) is 67.2 cm³/mol. The summed E-state index contributed by atoms with van der Waals surface area (Å²) in [4.78, 5) is 23.4.